The number of aromatic nitrogens is 4. The molecule has 0 unspecified atom stereocenters. The Balaban J connectivity index is 1.34. The lowest BCUT2D eigenvalue weighted by molar-refractivity contribution is 0.0562. The minimum Gasteiger partial charge on any atom is -0.486 e. The molecule has 1 fully saturated rings. The molecule has 28 heavy (non-hydrogen) atoms. The number of hydrogen-bond donors (Lipinski definition) is 0. The third kappa shape index (κ3) is 3.89. The summed E-state index contributed by atoms with van der Waals surface area (Å²) in [5.41, 5.74) is 1.20. The molecular formula is C19H22N6O3. The molecule has 1 amide bonds. The van der Waals surface area contributed by atoms with Crippen LogP contribution in [0.15, 0.2) is 47.5 Å². The third-order valence-corrected chi connectivity index (χ3v) is 4.93. The molecule has 0 spiro atoms. The molecule has 9 nitrogen and oxygen atoms in total. The molecule has 1 saturated heterocycles. The Morgan fingerprint density at radius 2 is 2.11 bits per heavy atom. The van der Waals surface area contributed by atoms with Crippen LogP contribution in [0, 0.1) is 0 Å². The van der Waals surface area contributed by atoms with Crippen molar-refractivity contribution >= 4 is 5.91 Å². The maximum Gasteiger partial charge on any atom is 0.276 e. The molecule has 4 rings (SSSR count). The fourth-order valence-corrected chi connectivity index (χ4v) is 3.07. The Morgan fingerprint density at radius 1 is 1.29 bits per heavy atom. The van der Waals surface area contributed by atoms with Crippen LogP contribution in [0.5, 0.6) is 5.75 Å². The highest BCUT2D eigenvalue weighted by atomic mass is 16.5. The van der Waals surface area contributed by atoms with E-state index >= 15 is 0 Å². The Kier molecular flexibility index (Phi) is 5.07. The van der Waals surface area contributed by atoms with Gasteiger partial charge in [-0.15, -0.1) is 0 Å². The second-order valence-electron chi connectivity index (χ2n) is 6.88. The average molecular weight is 382 g/mol. The van der Waals surface area contributed by atoms with E-state index in [1.165, 1.54) is 6.33 Å². The molecule has 3 aromatic rings. The van der Waals surface area contributed by atoms with Gasteiger partial charge in [0.2, 0.25) is 0 Å². The number of hydrogen-bond acceptors (Lipinski definition) is 7. The summed E-state index contributed by atoms with van der Waals surface area (Å²) in [4.78, 5) is 20.6. The number of ether oxygens (including phenoxy) is 1. The van der Waals surface area contributed by atoms with E-state index in [-0.39, 0.29) is 12.5 Å². The minimum atomic E-state index is -0.105. The number of benzene rings is 1. The van der Waals surface area contributed by atoms with Gasteiger partial charge in [-0.25, -0.2) is 9.67 Å². The predicted molar refractivity (Wildman–Crippen MR) is 100 cm³/mol. The highest BCUT2D eigenvalue weighted by molar-refractivity contribution is 5.92. The van der Waals surface area contributed by atoms with E-state index in [1.807, 2.05) is 29.2 Å². The zero-order valence-corrected chi connectivity index (χ0v) is 15.9. The standard InChI is InChI=1S/C19H22N6O3/c1-14-10-24(8-7-23(14)2)19(26)18-9-17(28-22-18)11-27-16-5-3-15(4-6-16)25-13-20-12-21-25/h3-6,9,12-14H,7-8,10-11H2,1-2H3/t14-/m1/s1. The smallest absolute Gasteiger partial charge is 0.276 e. The summed E-state index contributed by atoms with van der Waals surface area (Å²) in [6.45, 7) is 4.53. The van der Waals surface area contributed by atoms with E-state index in [2.05, 4.69) is 34.1 Å². The van der Waals surface area contributed by atoms with Crippen LogP contribution in [0.1, 0.15) is 23.2 Å². The molecule has 9 heteroatoms. The second-order valence-corrected chi connectivity index (χ2v) is 6.88. The zero-order chi connectivity index (χ0) is 19.5. The average Bonchev–Trinajstić information content (AvgIpc) is 3.40. The van der Waals surface area contributed by atoms with E-state index < -0.39 is 0 Å². The van der Waals surface area contributed by atoms with Gasteiger partial charge < -0.3 is 19.1 Å². The van der Waals surface area contributed by atoms with E-state index in [0.29, 0.717) is 36.3 Å². The van der Waals surface area contributed by atoms with Crippen LogP contribution in [-0.4, -0.2) is 68.4 Å². The van der Waals surface area contributed by atoms with Crippen LogP contribution in [0.2, 0.25) is 0 Å². The second kappa shape index (κ2) is 7.81. The maximum absolute atomic E-state index is 12.6. The summed E-state index contributed by atoms with van der Waals surface area (Å²) in [6.07, 6.45) is 3.11. The number of nitrogens with zero attached hydrogens (tertiary/aromatic N) is 6. The van der Waals surface area contributed by atoms with Gasteiger partial charge in [0.15, 0.2) is 11.5 Å². The van der Waals surface area contributed by atoms with Crippen molar-refractivity contribution in [1.82, 2.24) is 29.7 Å². The lowest BCUT2D eigenvalue weighted by atomic mass is 10.2. The lowest BCUT2D eigenvalue weighted by Crippen LogP contribution is -2.52. The first-order valence-electron chi connectivity index (χ1n) is 9.13. The molecule has 1 atom stereocenters. The van der Waals surface area contributed by atoms with Crippen LogP contribution < -0.4 is 4.74 Å². The number of carbonyl (C=O) groups excluding carboxylic acids is 1. The predicted octanol–water partition coefficient (Wildman–Crippen LogP) is 1.61. The van der Waals surface area contributed by atoms with Crippen LogP contribution >= 0.6 is 0 Å². The van der Waals surface area contributed by atoms with Gasteiger partial charge in [-0.1, -0.05) is 5.16 Å². The maximum atomic E-state index is 12.6. The van der Waals surface area contributed by atoms with Gasteiger partial charge in [0, 0.05) is 31.7 Å². The van der Waals surface area contributed by atoms with Gasteiger partial charge in [-0.2, -0.15) is 5.10 Å². The normalized spacial score (nSPS) is 17.6. The molecule has 0 saturated carbocycles. The first-order chi connectivity index (χ1) is 13.6. The molecule has 3 heterocycles. The van der Waals surface area contributed by atoms with Crippen LogP contribution in [0.25, 0.3) is 5.69 Å². The molecule has 0 N–H and O–H groups in total. The van der Waals surface area contributed by atoms with Gasteiger partial charge >= 0.3 is 0 Å². The molecule has 1 aliphatic rings. The summed E-state index contributed by atoms with van der Waals surface area (Å²) in [5, 5.41) is 8.00. The number of carbonyl (C=O) groups is 1. The summed E-state index contributed by atoms with van der Waals surface area (Å²) < 4.78 is 12.7. The highest BCUT2D eigenvalue weighted by Gasteiger charge is 2.27. The number of amides is 1. The van der Waals surface area contributed by atoms with Crippen molar-refractivity contribution in [2.24, 2.45) is 0 Å². The van der Waals surface area contributed by atoms with Crippen LogP contribution in [0.4, 0.5) is 0 Å². The van der Waals surface area contributed by atoms with Crippen molar-refractivity contribution in [2.45, 2.75) is 19.6 Å². The molecule has 1 aliphatic heterocycles. The topological polar surface area (TPSA) is 89.5 Å². The van der Waals surface area contributed by atoms with E-state index in [1.54, 1.807) is 17.1 Å². The molecule has 1 aromatic carbocycles. The summed E-state index contributed by atoms with van der Waals surface area (Å²) in [7, 11) is 2.07. The molecule has 2 aromatic heterocycles. The molecule has 0 radical (unpaired) electrons. The van der Waals surface area contributed by atoms with Crippen molar-refractivity contribution in [3.05, 3.63) is 54.4 Å². The Bertz CT molecular complexity index is 922. The Morgan fingerprint density at radius 3 is 2.82 bits per heavy atom. The minimum absolute atomic E-state index is 0.105. The number of piperazine rings is 1. The molecular weight excluding hydrogens is 360 g/mol. The molecule has 0 aliphatic carbocycles. The van der Waals surface area contributed by atoms with Crippen LogP contribution in [-0.2, 0) is 6.61 Å². The van der Waals surface area contributed by atoms with Gasteiger partial charge in [-0.3, -0.25) is 4.79 Å². The Labute approximate surface area is 162 Å². The Hall–Kier alpha value is -3.20. The summed E-state index contributed by atoms with van der Waals surface area (Å²) in [5.74, 6) is 1.08. The SMILES string of the molecule is C[C@@H]1CN(C(=O)c2cc(COc3ccc(-n4cncn4)cc3)on2)CCN1C. The fraction of sp³-hybridized carbons (Fsp3) is 0.368. The number of likely N-dealkylation sites (N-methyl/N-ethyl adjacent to an activating group) is 1. The van der Waals surface area contributed by atoms with E-state index in [9.17, 15) is 4.79 Å². The number of rotatable bonds is 5. The van der Waals surface area contributed by atoms with Crippen LogP contribution in [0.3, 0.4) is 0 Å². The van der Waals surface area contributed by atoms with Crippen molar-refractivity contribution in [3.63, 3.8) is 0 Å². The lowest BCUT2D eigenvalue weighted by Gasteiger charge is -2.37. The summed E-state index contributed by atoms with van der Waals surface area (Å²) >= 11 is 0. The van der Waals surface area contributed by atoms with Gasteiger partial charge in [0.25, 0.3) is 5.91 Å². The summed E-state index contributed by atoms with van der Waals surface area (Å²) in [6, 6.07) is 9.42. The quantitative estimate of drug-likeness (QED) is 0.662. The van der Waals surface area contributed by atoms with Crippen molar-refractivity contribution in [1.29, 1.82) is 0 Å². The van der Waals surface area contributed by atoms with Crippen molar-refractivity contribution < 1.29 is 14.1 Å². The highest BCUT2D eigenvalue weighted by Crippen LogP contribution is 2.17. The van der Waals surface area contributed by atoms with Gasteiger partial charge in [-0.05, 0) is 38.2 Å². The zero-order valence-electron chi connectivity index (χ0n) is 15.9. The fourth-order valence-electron chi connectivity index (χ4n) is 3.07. The van der Waals surface area contributed by atoms with Crippen molar-refractivity contribution in [2.75, 3.05) is 26.7 Å². The third-order valence-electron chi connectivity index (χ3n) is 4.93. The largest absolute Gasteiger partial charge is 0.486 e. The van der Waals surface area contributed by atoms with E-state index in [4.69, 9.17) is 9.26 Å². The van der Waals surface area contributed by atoms with Gasteiger partial charge in [0.05, 0.1) is 5.69 Å². The van der Waals surface area contributed by atoms with Gasteiger partial charge in [0.1, 0.15) is 25.0 Å². The first-order valence-corrected chi connectivity index (χ1v) is 9.13. The molecule has 0 bridgehead atoms. The van der Waals surface area contributed by atoms with E-state index in [0.717, 1.165) is 12.2 Å². The van der Waals surface area contributed by atoms with Crippen molar-refractivity contribution in [3.8, 4) is 11.4 Å². The monoisotopic (exact) mass is 382 g/mol. The first kappa shape index (κ1) is 18.2. The molecule has 146 valence electrons.